The van der Waals surface area contributed by atoms with Crippen molar-refractivity contribution in [3.05, 3.63) is 116 Å². The molecule has 1 aromatic heterocycles. The number of carboxylic acid groups (broad SMARTS) is 2. The number of nitrogens with zero attached hydrogens (tertiary/aromatic N) is 1. The molecule has 428 valence electrons. The zero-order chi connectivity index (χ0) is 58.5. The van der Waals surface area contributed by atoms with Gasteiger partial charge in [-0.25, -0.2) is 14.4 Å². The molecule has 0 bridgehead atoms. The van der Waals surface area contributed by atoms with E-state index in [1.165, 1.54) is 73.8 Å². The summed E-state index contributed by atoms with van der Waals surface area (Å²) >= 11 is 5.95. The highest BCUT2D eigenvalue weighted by Gasteiger charge is 2.55. The topological polar surface area (TPSA) is 431 Å². The molecule has 4 aromatic carbocycles. The highest BCUT2D eigenvalue weighted by atomic mass is 35.5. The number of nitrogens with one attached hydrogen (secondary N) is 2. The molecule has 3 fully saturated rings. The van der Waals surface area contributed by atoms with Crippen LogP contribution >= 0.6 is 11.6 Å². The number of aliphatic hydroxyl groups excluding tert-OH is 6. The van der Waals surface area contributed by atoms with Crippen molar-refractivity contribution >= 4 is 69.8 Å². The number of aromatic hydroxyl groups is 1. The van der Waals surface area contributed by atoms with Crippen LogP contribution in [-0.4, -0.2) is 168 Å². The summed E-state index contributed by atoms with van der Waals surface area (Å²) in [4.78, 5) is 104. The van der Waals surface area contributed by atoms with Crippen LogP contribution in [0, 0.1) is 11.8 Å². The maximum atomic E-state index is 14.1. The first-order valence-corrected chi connectivity index (χ1v) is 25.3. The number of likely N-dealkylation sites (tertiary alicyclic amines) is 1. The minimum absolute atomic E-state index is 0.00223. The molecule has 12 atom stereocenters. The molecule has 1 aliphatic carbocycles. The number of phenolic OH excluding ortho intramolecular Hbond substituents is 1. The number of rotatable bonds is 13. The number of phenols is 1. The van der Waals surface area contributed by atoms with Crippen molar-refractivity contribution in [2.45, 2.75) is 86.4 Å². The summed E-state index contributed by atoms with van der Waals surface area (Å²) in [6.07, 6.45) is -17.6. The Labute approximate surface area is 460 Å². The van der Waals surface area contributed by atoms with Gasteiger partial charge in [0.1, 0.15) is 82.9 Å². The van der Waals surface area contributed by atoms with Gasteiger partial charge in [-0.3, -0.25) is 28.9 Å². The van der Waals surface area contributed by atoms with Crippen LogP contribution in [-0.2, 0) is 39.0 Å². The molecule has 4 amide bonds. The third-order valence-corrected chi connectivity index (χ3v) is 14.7. The number of amides is 4. The largest absolute Gasteiger partial charge is 0.506 e. The zero-order valence-corrected chi connectivity index (χ0v) is 42.9. The number of imide groups is 1. The molecule has 10 rings (SSSR count). The van der Waals surface area contributed by atoms with Crippen molar-refractivity contribution in [1.29, 1.82) is 0 Å². The standard InChI is InChI=1S/C52H46ClN3O23.CH5N/c53-30-12-20-11-26(49(72)77-32(20)17-31(30)57)45(66)54-9-7-19-8-10-56(46(19)67)37(59)18-36(58)55-21-1-4-27-24(13-21)50(73)79-52(27)28-5-2-22(74-35-16-25(47(68)69)38(60)40(62)39(35)61)14-33(28)76-34-15-23(3-6-29(34)52)75-51-43(65)41(63)42(64)44(78-51)48(70)71;1-2/h1-6,11-15,17,19,25,35,38-44,51,57,60-65H,7-10,16,18H2,(H,54,66)(H,55,58)(H,68,69)(H,70,71);2H2,1H3/t19-,25?,35?,38?,39?,40?,41?,42?,43?,44?,51?,52?;/m1./s1. The molecule has 1 spiro atoms. The van der Waals surface area contributed by atoms with Gasteiger partial charge in [0.2, 0.25) is 24.0 Å². The lowest BCUT2D eigenvalue weighted by Crippen LogP contribution is -2.61. The molecule has 13 N–H and O–H groups in total. The van der Waals surface area contributed by atoms with E-state index in [0.29, 0.717) is 0 Å². The highest BCUT2D eigenvalue weighted by Crippen LogP contribution is 2.57. The molecule has 81 heavy (non-hydrogen) atoms. The molecule has 5 aromatic rings. The van der Waals surface area contributed by atoms with Crippen LogP contribution in [0.25, 0.3) is 11.0 Å². The zero-order valence-electron chi connectivity index (χ0n) is 42.2. The molecule has 4 aliphatic heterocycles. The molecule has 0 radical (unpaired) electrons. The van der Waals surface area contributed by atoms with Gasteiger partial charge in [0, 0.05) is 71.4 Å². The smallest absolute Gasteiger partial charge is 0.349 e. The summed E-state index contributed by atoms with van der Waals surface area (Å²) in [5, 5.41) is 97.3. The Morgan fingerprint density at radius 2 is 1.43 bits per heavy atom. The van der Waals surface area contributed by atoms with Gasteiger partial charge in [-0.1, -0.05) is 17.7 Å². The van der Waals surface area contributed by atoms with E-state index < -0.39 is 133 Å². The van der Waals surface area contributed by atoms with Gasteiger partial charge in [0.05, 0.1) is 22.6 Å². The van der Waals surface area contributed by atoms with E-state index in [1.54, 1.807) is 0 Å². The SMILES string of the molecule is CN.O=C(CC(=O)N1CC[C@@H](CCNC(=O)c2cc3cc(Cl)c(O)cc3oc2=O)C1=O)Nc1ccc2c(c1)C(=O)OC21c2ccc(OC3CC(C(=O)O)C(O)C(O)C3O)cc2Oc2cc(OC3OC(C(=O)O)C(O)C(O)C3O)ccc21. The minimum Gasteiger partial charge on any atom is -0.506 e. The fourth-order valence-electron chi connectivity index (χ4n) is 10.4. The Balaban J connectivity index is 0.00000392. The van der Waals surface area contributed by atoms with E-state index in [1.807, 2.05) is 0 Å². The molecule has 1 saturated carbocycles. The number of aliphatic carboxylic acids is 2. The predicted octanol–water partition coefficient (Wildman–Crippen LogP) is 0.0243. The van der Waals surface area contributed by atoms with Crippen LogP contribution in [0.3, 0.4) is 0 Å². The van der Waals surface area contributed by atoms with E-state index >= 15 is 0 Å². The van der Waals surface area contributed by atoms with E-state index in [2.05, 4.69) is 16.4 Å². The maximum absolute atomic E-state index is 14.1. The van der Waals surface area contributed by atoms with Gasteiger partial charge < -0.3 is 90.4 Å². The number of carbonyl (C=O) groups is 7. The monoisotopic (exact) mass is 1150 g/mol. The fraction of sp³-hybridized carbons (Fsp3) is 0.358. The quantitative estimate of drug-likeness (QED) is 0.0420. The second-order valence-electron chi connectivity index (χ2n) is 19.3. The first kappa shape index (κ1) is 57.4. The van der Waals surface area contributed by atoms with E-state index in [4.69, 9.17) is 39.7 Å². The van der Waals surface area contributed by atoms with Gasteiger partial charge >= 0.3 is 23.5 Å². The Morgan fingerprint density at radius 3 is 2.10 bits per heavy atom. The van der Waals surface area contributed by atoms with E-state index in [0.717, 1.165) is 11.0 Å². The molecule has 5 heterocycles. The van der Waals surface area contributed by atoms with E-state index in [-0.39, 0.29) is 104 Å². The number of fused-ring (bicyclic) bond motifs is 7. The summed E-state index contributed by atoms with van der Waals surface area (Å²) < 4.78 is 34.7. The molecule has 5 aliphatic rings. The lowest BCUT2D eigenvalue weighted by Gasteiger charge is -2.39. The first-order valence-electron chi connectivity index (χ1n) is 24.9. The second kappa shape index (κ2) is 22.7. The van der Waals surface area contributed by atoms with Crippen LogP contribution in [0.5, 0.6) is 28.7 Å². The highest BCUT2D eigenvalue weighted by molar-refractivity contribution is 6.32. The van der Waals surface area contributed by atoms with E-state index in [9.17, 15) is 84.3 Å². The predicted molar refractivity (Wildman–Crippen MR) is 272 cm³/mol. The van der Waals surface area contributed by atoms with Gasteiger partial charge in [-0.15, -0.1) is 0 Å². The number of halogens is 1. The summed E-state index contributed by atoms with van der Waals surface area (Å²) in [5.41, 5.74) is 1.77. The summed E-state index contributed by atoms with van der Waals surface area (Å²) in [7, 11) is 1.50. The third kappa shape index (κ3) is 10.7. The molecule has 27 nitrogen and oxygen atoms in total. The minimum atomic E-state index is -2.02. The third-order valence-electron chi connectivity index (χ3n) is 14.4. The van der Waals surface area contributed by atoms with Gasteiger partial charge in [-0.2, -0.15) is 0 Å². The Morgan fingerprint density at radius 1 is 0.778 bits per heavy atom. The Kier molecular flexibility index (Phi) is 16.1. The summed E-state index contributed by atoms with van der Waals surface area (Å²) in [6.45, 7) is -0.0969. The van der Waals surface area contributed by atoms with Crippen molar-refractivity contribution in [3.8, 4) is 28.7 Å². The Hall–Kier alpha value is -8.25. The van der Waals surface area contributed by atoms with Crippen LogP contribution in [0.1, 0.15) is 63.1 Å². The van der Waals surface area contributed by atoms with Crippen molar-refractivity contribution in [3.63, 3.8) is 0 Å². The number of esters is 1. The van der Waals surface area contributed by atoms with Crippen molar-refractivity contribution in [1.82, 2.24) is 10.2 Å². The molecule has 28 heteroatoms. The van der Waals surface area contributed by atoms with Crippen LogP contribution < -0.4 is 36.2 Å². The lowest BCUT2D eigenvalue weighted by atomic mass is 9.77. The number of hydrogen-bond donors (Lipinski definition) is 12. The van der Waals surface area contributed by atoms with Gasteiger partial charge in [0.15, 0.2) is 11.7 Å². The normalized spacial score (nSPS) is 27.1. The maximum Gasteiger partial charge on any atom is 0.349 e. The number of hydrogen-bond acceptors (Lipinski definition) is 22. The lowest BCUT2D eigenvalue weighted by molar-refractivity contribution is -0.271. The number of nitrogens with two attached hydrogens (primary N) is 1. The number of aliphatic hydroxyl groups is 6. The second-order valence-corrected chi connectivity index (χ2v) is 19.7. The van der Waals surface area contributed by atoms with Crippen LogP contribution in [0.4, 0.5) is 5.69 Å². The summed E-state index contributed by atoms with van der Waals surface area (Å²) in [6, 6.07) is 16.0. The molecular weight excluding hydrogens is 1100 g/mol. The molecule has 2 saturated heterocycles. The molecule has 11 unspecified atom stereocenters. The number of benzene rings is 4. The number of anilines is 1. The average molecular weight is 1150 g/mol. The van der Waals surface area contributed by atoms with Crippen molar-refractivity contribution < 1.29 is 108 Å². The number of carboxylic acids is 2. The fourth-order valence-corrected chi connectivity index (χ4v) is 10.5. The van der Waals surface area contributed by atoms with Gasteiger partial charge in [-0.05, 0) is 68.4 Å². The average Bonchev–Trinajstić information content (AvgIpc) is 2.69. The number of carbonyl (C=O) groups excluding carboxylic acids is 5. The van der Waals surface area contributed by atoms with Gasteiger partial charge in [0.25, 0.3) is 5.91 Å². The Bertz CT molecular complexity index is 3350. The molecular formula is C53H51ClN4O23. The number of ether oxygens (including phenoxy) is 5. The van der Waals surface area contributed by atoms with Crippen molar-refractivity contribution in [2.24, 2.45) is 17.6 Å². The first-order chi connectivity index (χ1) is 38.5. The van der Waals surface area contributed by atoms with Crippen LogP contribution in [0.2, 0.25) is 5.02 Å². The summed E-state index contributed by atoms with van der Waals surface area (Å²) in [5.74, 6) is -10.0. The van der Waals surface area contributed by atoms with Crippen molar-refractivity contribution in [2.75, 3.05) is 25.5 Å². The van der Waals surface area contributed by atoms with Crippen LogP contribution in [0.15, 0.2) is 82.0 Å².